The van der Waals surface area contributed by atoms with Crippen molar-refractivity contribution < 1.29 is 9.53 Å². The minimum Gasteiger partial charge on any atom is -0.381 e. The summed E-state index contributed by atoms with van der Waals surface area (Å²) < 4.78 is 5.41. The maximum atomic E-state index is 11.7. The SMILES string of the molecule is COC1CCC(Nc2ncc(C(N)=O)c(CC3CCCC3)n2)CC1. The van der Waals surface area contributed by atoms with Crippen LogP contribution in [0.25, 0.3) is 0 Å². The predicted molar refractivity (Wildman–Crippen MR) is 92.9 cm³/mol. The molecule has 1 aromatic rings. The average Bonchev–Trinajstić information content (AvgIpc) is 3.08. The molecule has 3 N–H and O–H groups in total. The number of amides is 1. The molecular formula is C18H28N4O2. The second-order valence-electron chi connectivity index (χ2n) is 7.13. The van der Waals surface area contributed by atoms with E-state index < -0.39 is 5.91 Å². The van der Waals surface area contributed by atoms with Crippen molar-refractivity contribution in [3.63, 3.8) is 0 Å². The van der Waals surface area contributed by atoms with Gasteiger partial charge in [-0.25, -0.2) is 9.97 Å². The largest absolute Gasteiger partial charge is 0.381 e. The Hall–Kier alpha value is -1.69. The highest BCUT2D eigenvalue weighted by molar-refractivity contribution is 5.93. The number of anilines is 1. The average molecular weight is 332 g/mol. The Morgan fingerprint density at radius 2 is 1.96 bits per heavy atom. The molecule has 132 valence electrons. The van der Waals surface area contributed by atoms with Gasteiger partial charge < -0.3 is 15.8 Å². The molecule has 0 spiro atoms. The number of nitrogens with one attached hydrogen (secondary N) is 1. The second-order valence-corrected chi connectivity index (χ2v) is 7.13. The summed E-state index contributed by atoms with van der Waals surface area (Å²) in [6.07, 6.45) is 12.0. The van der Waals surface area contributed by atoms with Gasteiger partial charge in [0.2, 0.25) is 5.95 Å². The molecule has 0 atom stereocenters. The van der Waals surface area contributed by atoms with Gasteiger partial charge in [-0.05, 0) is 38.0 Å². The fraction of sp³-hybridized carbons (Fsp3) is 0.722. The molecule has 6 nitrogen and oxygen atoms in total. The lowest BCUT2D eigenvalue weighted by Crippen LogP contribution is -2.30. The van der Waals surface area contributed by atoms with Gasteiger partial charge in [0.25, 0.3) is 5.91 Å². The molecule has 1 amide bonds. The summed E-state index contributed by atoms with van der Waals surface area (Å²) in [6, 6.07) is 0.371. The standard InChI is InChI=1S/C18H28N4O2/c1-24-14-8-6-13(7-9-14)21-18-20-11-15(17(19)23)16(22-18)10-12-4-2-3-5-12/h11-14H,2-10H2,1H3,(H2,19,23)(H,20,21,22). The lowest BCUT2D eigenvalue weighted by Gasteiger charge is -2.28. The molecule has 0 radical (unpaired) electrons. The van der Waals surface area contributed by atoms with E-state index >= 15 is 0 Å². The first-order valence-electron chi connectivity index (χ1n) is 9.10. The van der Waals surface area contributed by atoms with Gasteiger partial charge in [-0.15, -0.1) is 0 Å². The molecule has 2 fully saturated rings. The summed E-state index contributed by atoms with van der Waals surface area (Å²) in [4.78, 5) is 20.6. The third-order valence-electron chi connectivity index (χ3n) is 5.43. The van der Waals surface area contributed by atoms with Crippen LogP contribution in [0.2, 0.25) is 0 Å². The van der Waals surface area contributed by atoms with Gasteiger partial charge in [0.15, 0.2) is 0 Å². The highest BCUT2D eigenvalue weighted by Gasteiger charge is 2.23. The summed E-state index contributed by atoms with van der Waals surface area (Å²) in [5.74, 6) is 0.798. The van der Waals surface area contributed by atoms with Crippen molar-refractivity contribution in [2.24, 2.45) is 11.7 Å². The van der Waals surface area contributed by atoms with Crippen LogP contribution < -0.4 is 11.1 Å². The van der Waals surface area contributed by atoms with Crippen LogP contribution in [-0.4, -0.2) is 35.1 Å². The number of methoxy groups -OCH3 is 1. The van der Waals surface area contributed by atoms with Crippen molar-refractivity contribution in [2.45, 2.75) is 69.9 Å². The Morgan fingerprint density at radius 1 is 1.25 bits per heavy atom. The van der Waals surface area contributed by atoms with Gasteiger partial charge in [-0.2, -0.15) is 0 Å². The maximum absolute atomic E-state index is 11.7. The molecule has 24 heavy (non-hydrogen) atoms. The zero-order valence-electron chi connectivity index (χ0n) is 14.5. The van der Waals surface area contributed by atoms with Crippen LogP contribution in [0.4, 0.5) is 5.95 Å². The van der Waals surface area contributed by atoms with Gasteiger partial charge in [-0.3, -0.25) is 4.79 Å². The number of aromatic nitrogens is 2. The summed E-state index contributed by atoms with van der Waals surface area (Å²) in [5.41, 5.74) is 6.77. The van der Waals surface area contributed by atoms with Crippen molar-refractivity contribution in [1.82, 2.24) is 9.97 Å². The zero-order chi connectivity index (χ0) is 16.9. The molecule has 0 saturated heterocycles. The third-order valence-corrected chi connectivity index (χ3v) is 5.43. The van der Waals surface area contributed by atoms with E-state index in [4.69, 9.17) is 10.5 Å². The smallest absolute Gasteiger partial charge is 0.252 e. The third kappa shape index (κ3) is 4.23. The lowest BCUT2D eigenvalue weighted by molar-refractivity contribution is 0.0681. The van der Waals surface area contributed by atoms with Gasteiger partial charge in [0.1, 0.15) is 0 Å². The number of nitrogens with two attached hydrogens (primary N) is 1. The Morgan fingerprint density at radius 3 is 2.58 bits per heavy atom. The molecule has 1 aromatic heterocycles. The van der Waals surface area contributed by atoms with E-state index in [0.717, 1.165) is 37.8 Å². The second kappa shape index (κ2) is 7.92. The number of hydrogen-bond donors (Lipinski definition) is 2. The first-order chi connectivity index (χ1) is 11.7. The van der Waals surface area contributed by atoms with Crippen LogP contribution in [0.5, 0.6) is 0 Å². The van der Waals surface area contributed by atoms with Crippen molar-refractivity contribution >= 4 is 11.9 Å². The Kier molecular flexibility index (Phi) is 5.66. The van der Waals surface area contributed by atoms with Crippen LogP contribution >= 0.6 is 0 Å². The number of ether oxygens (including phenoxy) is 1. The summed E-state index contributed by atoms with van der Waals surface area (Å²) >= 11 is 0. The van der Waals surface area contributed by atoms with Crippen molar-refractivity contribution in [3.8, 4) is 0 Å². The van der Waals surface area contributed by atoms with Gasteiger partial charge in [0, 0.05) is 19.3 Å². The summed E-state index contributed by atoms with van der Waals surface area (Å²) in [7, 11) is 1.78. The van der Waals surface area contributed by atoms with Crippen molar-refractivity contribution in [2.75, 3.05) is 12.4 Å². The Labute approximate surface area is 143 Å². The minimum absolute atomic E-state index is 0.371. The number of carbonyl (C=O) groups excluding carboxylic acids is 1. The molecule has 2 saturated carbocycles. The molecule has 2 aliphatic carbocycles. The van der Waals surface area contributed by atoms with E-state index in [9.17, 15) is 4.79 Å². The number of rotatable bonds is 6. The quantitative estimate of drug-likeness (QED) is 0.836. The van der Waals surface area contributed by atoms with E-state index in [1.54, 1.807) is 13.3 Å². The van der Waals surface area contributed by atoms with E-state index in [1.807, 2.05) is 0 Å². The number of carbonyl (C=O) groups is 1. The molecule has 0 aromatic carbocycles. The molecule has 6 heteroatoms. The van der Waals surface area contributed by atoms with Crippen LogP contribution in [0.3, 0.4) is 0 Å². The Balaban J connectivity index is 1.68. The van der Waals surface area contributed by atoms with E-state index in [1.165, 1.54) is 25.7 Å². The number of primary amides is 1. The number of nitrogens with zero attached hydrogens (tertiary/aromatic N) is 2. The molecule has 0 aliphatic heterocycles. The first kappa shape index (κ1) is 17.1. The molecule has 3 rings (SSSR count). The molecule has 0 bridgehead atoms. The monoisotopic (exact) mass is 332 g/mol. The van der Waals surface area contributed by atoms with E-state index in [2.05, 4.69) is 15.3 Å². The van der Waals surface area contributed by atoms with E-state index in [0.29, 0.717) is 29.6 Å². The molecule has 1 heterocycles. The van der Waals surface area contributed by atoms with Gasteiger partial charge in [0.05, 0.1) is 17.4 Å². The van der Waals surface area contributed by atoms with Crippen LogP contribution in [0, 0.1) is 5.92 Å². The maximum Gasteiger partial charge on any atom is 0.252 e. The zero-order valence-corrected chi connectivity index (χ0v) is 14.5. The van der Waals surface area contributed by atoms with Crippen LogP contribution in [0.15, 0.2) is 6.20 Å². The molecule has 2 aliphatic rings. The highest BCUT2D eigenvalue weighted by Crippen LogP contribution is 2.29. The van der Waals surface area contributed by atoms with Gasteiger partial charge >= 0.3 is 0 Å². The van der Waals surface area contributed by atoms with Crippen LogP contribution in [-0.2, 0) is 11.2 Å². The molecular weight excluding hydrogens is 304 g/mol. The Bertz CT molecular complexity index is 564. The summed E-state index contributed by atoms with van der Waals surface area (Å²) in [5, 5.41) is 3.43. The fourth-order valence-corrected chi connectivity index (χ4v) is 3.96. The van der Waals surface area contributed by atoms with Crippen LogP contribution in [0.1, 0.15) is 67.4 Å². The highest BCUT2D eigenvalue weighted by atomic mass is 16.5. The number of hydrogen-bond acceptors (Lipinski definition) is 5. The van der Waals surface area contributed by atoms with E-state index in [-0.39, 0.29) is 0 Å². The predicted octanol–water partition coefficient (Wildman–Crippen LogP) is 2.68. The minimum atomic E-state index is -0.435. The molecule has 0 unspecified atom stereocenters. The van der Waals surface area contributed by atoms with Gasteiger partial charge in [-0.1, -0.05) is 25.7 Å². The lowest BCUT2D eigenvalue weighted by atomic mass is 9.93. The topological polar surface area (TPSA) is 90.1 Å². The fourth-order valence-electron chi connectivity index (χ4n) is 3.96. The van der Waals surface area contributed by atoms with Crippen molar-refractivity contribution in [3.05, 3.63) is 17.5 Å². The van der Waals surface area contributed by atoms with Crippen molar-refractivity contribution in [1.29, 1.82) is 0 Å². The summed E-state index contributed by atoms with van der Waals surface area (Å²) in [6.45, 7) is 0. The normalized spacial score (nSPS) is 24.9. The first-order valence-corrected chi connectivity index (χ1v) is 9.10.